The van der Waals surface area contributed by atoms with Crippen molar-refractivity contribution in [1.29, 1.82) is 0 Å². The van der Waals surface area contributed by atoms with E-state index in [0.29, 0.717) is 12.1 Å². The summed E-state index contributed by atoms with van der Waals surface area (Å²) >= 11 is 1.75. The van der Waals surface area contributed by atoms with Gasteiger partial charge in [0.2, 0.25) is 0 Å². The Morgan fingerprint density at radius 3 is 3.11 bits per heavy atom. The SMILES string of the molecule is COC[C@H](N[C@@H](C)c1cnc2ccsc2c1)C1CC1. The van der Waals surface area contributed by atoms with E-state index in [-0.39, 0.29) is 0 Å². The first-order valence-corrected chi connectivity index (χ1v) is 7.74. The van der Waals surface area contributed by atoms with Gasteiger partial charge in [-0.3, -0.25) is 4.98 Å². The average Bonchev–Trinajstić information content (AvgIpc) is 3.15. The van der Waals surface area contributed by atoms with Crippen molar-refractivity contribution in [2.24, 2.45) is 5.92 Å². The summed E-state index contributed by atoms with van der Waals surface area (Å²) in [5, 5.41) is 5.79. The molecule has 4 heteroatoms. The molecule has 0 aromatic carbocycles. The minimum atomic E-state index is 0.319. The van der Waals surface area contributed by atoms with Crippen LogP contribution in [0.1, 0.15) is 31.4 Å². The van der Waals surface area contributed by atoms with Crippen LogP contribution in [0, 0.1) is 5.92 Å². The summed E-state index contributed by atoms with van der Waals surface area (Å²) in [4.78, 5) is 4.52. The van der Waals surface area contributed by atoms with Crippen LogP contribution in [-0.4, -0.2) is 24.7 Å². The van der Waals surface area contributed by atoms with E-state index in [9.17, 15) is 0 Å². The number of fused-ring (bicyclic) bond motifs is 1. The van der Waals surface area contributed by atoms with E-state index in [0.717, 1.165) is 18.0 Å². The van der Waals surface area contributed by atoms with Gasteiger partial charge >= 0.3 is 0 Å². The highest BCUT2D eigenvalue weighted by atomic mass is 32.1. The summed E-state index contributed by atoms with van der Waals surface area (Å²) in [7, 11) is 1.78. The van der Waals surface area contributed by atoms with Crippen LogP contribution in [0.15, 0.2) is 23.7 Å². The Morgan fingerprint density at radius 1 is 1.53 bits per heavy atom. The molecule has 1 saturated carbocycles. The minimum absolute atomic E-state index is 0.319. The lowest BCUT2D eigenvalue weighted by Gasteiger charge is -2.22. The second-order valence-electron chi connectivity index (χ2n) is 5.36. The van der Waals surface area contributed by atoms with E-state index in [2.05, 4.69) is 34.7 Å². The fourth-order valence-electron chi connectivity index (χ4n) is 2.51. The molecule has 0 aliphatic heterocycles. The molecule has 0 radical (unpaired) electrons. The zero-order valence-corrected chi connectivity index (χ0v) is 12.2. The highest BCUT2D eigenvalue weighted by Gasteiger charge is 2.31. The Hall–Kier alpha value is -0.970. The van der Waals surface area contributed by atoms with Crippen molar-refractivity contribution < 1.29 is 4.74 Å². The summed E-state index contributed by atoms with van der Waals surface area (Å²) in [6.07, 6.45) is 4.65. The largest absolute Gasteiger partial charge is 0.383 e. The lowest BCUT2D eigenvalue weighted by Crippen LogP contribution is -2.37. The van der Waals surface area contributed by atoms with Crippen molar-refractivity contribution in [3.05, 3.63) is 29.3 Å². The lowest BCUT2D eigenvalue weighted by atomic mass is 10.1. The highest BCUT2D eigenvalue weighted by Crippen LogP contribution is 2.34. The molecule has 1 aliphatic rings. The molecule has 0 saturated heterocycles. The standard InChI is InChI=1S/C15H20N2OS/c1-10(17-14(9-18-2)11-3-4-11)12-7-15-13(16-8-12)5-6-19-15/h5-8,10-11,14,17H,3-4,9H2,1-2H3/t10-,14-/m0/s1. The number of thiophene rings is 1. The molecular weight excluding hydrogens is 256 g/mol. The van der Waals surface area contributed by atoms with E-state index in [4.69, 9.17) is 4.74 Å². The van der Waals surface area contributed by atoms with E-state index < -0.39 is 0 Å². The zero-order chi connectivity index (χ0) is 13.2. The maximum absolute atomic E-state index is 5.32. The van der Waals surface area contributed by atoms with Crippen molar-refractivity contribution in [3.8, 4) is 0 Å². The van der Waals surface area contributed by atoms with Gasteiger partial charge in [-0.2, -0.15) is 0 Å². The number of nitrogens with one attached hydrogen (secondary N) is 1. The van der Waals surface area contributed by atoms with Gasteiger partial charge in [-0.1, -0.05) is 0 Å². The molecule has 0 amide bonds. The Morgan fingerprint density at radius 2 is 2.37 bits per heavy atom. The van der Waals surface area contributed by atoms with Crippen molar-refractivity contribution >= 4 is 21.6 Å². The topological polar surface area (TPSA) is 34.1 Å². The first-order chi connectivity index (χ1) is 9.28. The molecule has 2 heterocycles. The van der Waals surface area contributed by atoms with Gasteiger partial charge < -0.3 is 10.1 Å². The third kappa shape index (κ3) is 2.96. The van der Waals surface area contributed by atoms with Crippen LogP contribution in [0.5, 0.6) is 0 Å². The summed E-state index contributed by atoms with van der Waals surface area (Å²) in [5.74, 6) is 0.792. The normalized spacial score (nSPS) is 18.6. The number of hydrogen-bond donors (Lipinski definition) is 1. The Balaban J connectivity index is 1.72. The van der Waals surface area contributed by atoms with E-state index in [1.807, 2.05) is 6.20 Å². The van der Waals surface area contributed by atoms with Gasteiger partial charge in [0.15, 0.2) is 0 Å². The molecule has 0 spiro atoms. The monoisotopic (exact) mass is 276 g/mol. The molecule has 102 valence electrons. The Kier molecular flexibility index (Phi) is 3.82. The first kappa shape index (κ1) is 13.0. The van der Waals surface area contributed by atoms with Crippen molar-refractivity contribution in [2.45, 2.75) is 31.8 Å². The summed E-state index contributed by atoms with van der Waals surface area (Å²) in [5.41, 5.74) is 2.35. The van der Waals surface area contributed by atoms with Gasteiger partial charge in [0.1, 0.15) is 0 Å². The molecule has 1 aliphatic carbocycles. The Labute approximate surface area is 118 Å². The molecule has 1 fully saturated rings. The van der Waals surface area contributed by atoms with Gasteiger partial charge in [-0.05, 0) is 48.8 Å². The van der Waals surface area contributed by atoms with Crippen LogP contribution >= 0.6 is 11.3 Å². The van der Waals surface area contributed by atoms with E-state index in [1.165, 1.54) is 23.1 Å². The van der Waals surface area contributed by atoms with Crippen LogP contribution in [0.3, 0.4) is 0 Å². The smallest absolute Gasteiger partial charge is 0.0809 e. The zero-order valence-electron chi connectivity index (χ0n) is 11.4. The molecule has 0 unspecified atom stereocenters. The first-order valence-electron chi connectivity index (χ1n) is 6.86. The van der Waals surface area contributed by atoms with E-state index in [1.54, 1.807) is 18.4 Å². The number of hydrogen-bond acceptors (Lipinski definition) is 4. The average molecular weight is 276 g/mol. The van der Waals surface area contributed by atoms with Crippen LogP contribution < -0.4 is 5.32 Å². The highest BCUT2D eigenvalue weighted by molar-refractivity contribution is 7.17. The molecule has 3 nitrogen and oxygen atoms in total. The van der Waals surface area contributed by atoms with Gasteiger partial charge in [0, 0.05) is 25.4 Å². The van der Waals surface area contributed by atoms with Gasteiger partial charge in [0.05, 0.1) is 16.8 Å². The summed E-state index contributed by atoms with van der Waals surface area (Å²) in [6, 6.07) is 5.11. The summed E-state index contributed by atoms with van der Waals surface area (Å²) < 4.78 is 6.59. The predicted octanol–water partition coefficient (Wildman–Crippen LogP) is 3.37. The van der Waals surface area contributed by atoms with Gasteiger partial charge in [0.25, 0.3) is 0 Å². The number of pyridine rings is 1. The number of methoxy groups -OCH3 is 1. The number of ether oxygens (including phenoxy) is 1. The third-order valence-corrected chi connectivity index (χ3v) is 4.68. The molecule has 3 rings (SSSR count). The second-order valence-corrected chi connectivity index (χ2v) is 6.31. The summed E-state index contributed by atoms with van der Waals surface area (Å²) in [6.45, 7) is 3.01. The number of rotatable bonds is 6. The molecule has 0 bridgehead atoms. The second kappa shape index (κ2) is 5.57. The van der Waals surface area contributed by atoms with Gasteiger partial charge in [-0.15, -0.1) is 11.3 Å². The molecule has 2 atom stereocenters. The lowest BCUT2D eigenvalue weighted by molar-refractivity contribution is 0.152. The number of aromatic nitrogens is 1. The van der Waals surface area contributed by atoms with E-state index >= 15 is 0 Å². The fraction of sp³-hybridized carbons (Fsp3) is 0.533. The third-order valence-electron chi connectivity index (χ3n) is 3.83. The van der Waals surface area contributed by atoms with Crippen molar-refractivity contribution in [1.82, 2.24) is 10.3 Å². The van der Waals surface area contributed by atoms with Crippen LogP contribution in [-0.2, 0) is 4.74 Å². The molecule has 2 aromatic rings. The van der Waals surface area contributed by atoms with Crippen LogP contribution in [0.4, 0.5) is 0 Å². The van der Waals surface area contributed by atoms with Crippen molar-refractivity contribution in [3.63, 3.8) is 0 Å². The van der Waals surface area contributed by atoms with Crippen LogP contribution in [0.2, 0.25) is 0 Å². The number of nitrogens with zero attached hydrogens (tertiary/aromatic N) is 1. The van der Waals surface area contributed by atoms with Gasteiger partial charge in [-0.25, -0.2) is 0 Å². The maximum Gasteiger partial charge on any atom is 0.0809 e. The van der Waals surface area contributed by atoms with Crippen molar-refractivity contribution in [2.75, 3.05) is 13.7 Å². The maximum atomic E-state index is 5.32. The molecule has 1 N–H and O–H groups in total. The molecule has 19 heavy (non-hydrogen) atoms. The Bertz CT molecular complexity index is 550. The quantitative estimate of drug-likeness (QED) is 0.878. The fourth-order valence-corrected chi connectivity index (χ4v) is 3.30. The predicted molar refractivity (Wildman–Crippen MR) is 79.6 cm³/mol. The molecular formula is C15H20N2OS. The minimum Gasteiger partial charge on any atom is -0.383 e. The molecule has 2 aromatic heterocycles. The van der Waals surface area contributed by atoms with Crippen LogP contribution in [0.25, 0.3) is 10.2 Å².